The first-order valence-corrected chi connectivity index (χ1v) is 21.7. The first-order valence-electron chi connectivity index (χ1n) is 21.7. The summed E-state index contributed by atoms with van der Waals surface area (Å²) in [7, 11) is 0. The number of ether oxygens (including phenoxy) is 2. The molecular weight excluding hydrogens is 798 g/mol. The third-order valence-corrected chi connectivity index (χ3v) is 13.5. The number of piperazine rings is 1. The molecule has 3 amide bonds. The number of benzene rings is 4. The average Bonchev–Trinajstić information content (AvgIpc) is 3.51. The van der Waals surface area contributed by atoms with E-state index in [1.807, 2.05) is 24.3 Å². The lowest BCUT2D eigenvalue weighted by Gasteiger charge is -2.36. The predicted molar refractivity (Wildman–Crippen MR) is 227 cm³/mol. The summed E-state index contributed by atoms with van der Waals surface area (Å²) in [5, 5.41) is 12.9. The van der Waals surface area contributed by atoms with Crippen LogP contribution in [-0.2, 0) is 22.1 Å². The molecule has 0 aromatic heterocycles. The molecule has 4 aromatic carbocycles. The molecule has 324 valence electrons. The minimum Gasteiger partial charge on any atom is -0.508 e. The number of halogens is 3. The summed E-state index contributed by atoms with van der Waals surface area (Å²) < 4.78 is 52.8. The fourth-order valence-corrected chi connectivity index (χ4v) is 10.1. The monoisotopic (exact) mass is 848 g/mol. The van der Waals surface area contributed by atoms with E-state index >= 15 is 0 Å². The zero-order valence-electron chi connectivity index (χ0n) is 34.5. The van der Waals surface area contributed by atoms with Gasteiger partial charge in [0.1, 0.15) is 17.5 Å². The molecule has 5 aliphatic rings. The number of alkyl halides is 3. The fraction of sp³-hybridized carbons (Fsp3) is 0.408. The Morgan fingerprint density at radius 3 is 2.15 bits per heavy atom. The van der Waals surface area contributed by atoms with Crippen molar-refractivity contribution in [1.29, 1.82) is 0 Å². The summed E-state index contributed by atoms with van der Waals surface area (Å²) in [5.41, 5.74) is 5.56. The van der Waals surface area contributed by atoms with Crippen LogP contribution < -0.4 is 15.0 Å². The second-order valence-electron chi connectivity index (χ2n) is 17.3. The molecule has 3 aliphatic heterocycles. The highest BCUT2D eigenvalue weighted by atomic mass is 19.4. The highest BCUT2D eigenvalue weighted by Gasteiger charge is 2.44. The zero-order valence-corrected chi connectivity index (χ0v) is 34.5. The number of rotatable bonds is 10. The van der Waals surface area contributed by atoms with Crippen LogP contribution in [0.15, 0.2) is 97.2 Å². The van der Waals surface area contributed by atoms with Crippen LogP contribution in [0.25, 0.3) is 0 Å². The maximum atomic E-state index is 13.4. The Labute approximate surface area is 359 Å². The summed E-state index contributed by atoms with van der Waals surface area (Å²) in [5.74, 6) is -0.337. The van der Waals surface area contributed by atoms with Gasteiger partial charge < -0.3 is 24.8 Å². The molecule has 13 heteroatoms. The van der Waals surface area contributed by atoms with E-state index in [0.29, 0.717) is 36.3 Å². The van der Waals surface area contributed by atoms with Gasteiger partial charge in [-0.15, -0.1) is 0 Å². The number of phenolic OH excluding ortho intramolecular Hbond substituents is 1. The molecule has 2 N–H and O–H groups in total. The van der Waals surface area contributed by atoms with Crippen LogP contribution in [0.4, 0.5) is 18.9 Å². The standard InChI is InChI=1S/C49H51F3N4O6/c1-30-2-21-44(46(58)53-30)56-47(59)42-19-10-35(29-43(42)48(56)60)55-24-22-54(23-25-55)26-27-61-37-14-16-39(17-15-37)62-38-12-5-32(6-13-38)45-40(18-7-33-28-36(57)11-20-41(33)45)31-3-8-34(9-4-31)49(50,51)52/h3-6,8-13,19-20,28-29,37,39-40,44-45,57H,1-2,7,14-18,21-27H2,(H,53,58)/t37?,39?,40-,44?,45+/m1/s1. The second kappa shape index (κ2) is 17.2. The topological polar surface area (TPSA) is 112 Å². The first-order chi connectivity index (χ1) is 29.9. The molecule has 0 spiro atoms. The zero-order chi connectivity index (χ0) is 43.1. The second-order valence-corrected chi connectivity index (χ2v) is 17.3. The van der Waals surface area contributed by atoms with Gasteiger partial charge in [-0.1, -0.05) is 36.9 Å². The number of hydrogen-bond donors (Lipinski definition) is 2. The number of carbonyl (C=O) groups excluding carboxylic acids is 3. The Morgan fingerprint density at radius 2 is 1.44 bits per heavy atom. The molecule has 10 nitrogen and oxygen atoms in total. The number of carbonyl (C=O) groups is 3. The maximum absolute atomic E-state index is 13.4. The molecule has 2 aliphatic carbocycles. The lowest BCUT2D eigenvalue weighted by molar-refractivity contribution is -0.137. The van der Waals surface area contributed by atoms with Crippen LogP contribution in [-0.4, -0.2) is 90.2 Å². The molecule has 3 atom stereocenters. The van der Waals surface area contributed by atoms with E-state index in [-0.39, 0.29) is 35.7 Å². The third-order valence-electron chi connectivity index (χ3n) is 13.5. The predicted octanol–water partition coefficient (Wildman–Crippen LogP) is 8.19. The van der Waals surface area contributed by atoms with E-state index in [4.69, 9.17) is 9.47 Å². The molecule has 9 rings (SSSR count). The summed E-state index contributed by atoms with van der Waals surface area (Å²) in [6, 6.07) is 23.6. The van der Waals surface area contributed by atoms with Crippen molar-refractivity contribution < 1.29 is 42.1 Å². The Morgan fingerprint density at radius 1 is 0.742 bits per heavy atom. The molecule has 3 fully saturated rings. The summed E-state index contributed by atoms with van der Waals surface area (Å²) in [6.45, 7) is 8.50. The van der Waals surface area contributed by atoms with Crippen molar-refractivity contribution in [1.82, 2.24) is 15.1 Å². The number of amides is 3. The van der Waals surface area contributed by atoms with Crippen molar-refractivity contribution in [3.63, 3.8) is 0 Å². The molecule has 3 heterocycles. The number of aryl methyl sites for hydroxylation is 1. The summed E-state index contributed by atoms with van der Waals surface area (Å²) in [6.07, 6.45) is 1.83. The van der Waals surface area contributed by atoms with Gasteiger partial charge in [0.2, 0.25) is 5.91 Å². The number of piperidine rings is 1. The third kappa shape index (κ3) is 8.57. The number of allylic oxidation sites excluding steroid dienone is 1. The molecule has 4 aromatic rings. The van der Waals surface area contributed by atoms with Gasteiger partial charge in [0.15, 0.2) is 0 Å². The van der Waals surface area contributed by atoms with E-state index < -0.39 is 29.6 Å². The summed E-state index contributed by atoms with van der Waals surface area (Å²) >= 11 is 0. The Bertz CT molecular complexity index is 2340. The number of anilines is 1. The minimum atomic E-state index is -4.39. The molecule has 1 unspecified atom stereocenters. The Kier molecular flexibility index (Phi) is 11.6. The quantitative estimate of drug-likeness (QED) is 0.154. The van der Waals surface area contributed by atoms with Crippen LogP contribution >= 0.6 is 0 Å². The van der Waals surface area contributed by atoms with Crippen LogP contribution in [0.3, 0.4) is 0 Å². The van der Waals surface area contributed by atoms with Crippen LogP contribution in [0, 0.1) is 0 Å². The Hall–Kier alpha value is -5.66. The number of nitrogens with one attached hydrogen (secondary N) is 1. The van der Waals surface area contributed by atoms with Crippen molar-refractivity contribution in [3.8, 4) is 11.5 Å². The Balaban J connectivity index is 0.731. The van der Waals surface area contributed by atoms with Gasteiger partial charge >= 0.3 is 6.18 Å². The SMILES string of the molecule is C=C1CCC(N2C(=O)c3ccc(N4CCN(CCOC5CCC(Oc6ccc([C@@H]7c8ccc(O)cc8CC[C@@H]7c7ccc(C(F)(F)F)cc7)cc6)CC5)CC4)cc3C2=O)C(=O)N1. The normalized spacial score (nSPS) is 24.5. The van der Waals surface area contributed by atoms with Gasteiger partial charge in [-0.2, -0.15) is 13.2 Å². The highest BCUT2D eigenvalue weighted by molar-refractivity contribution is 6.23. The maximum Gasteiger partial charge on any atom is 0.416 e. The molecule has 0 radical (unpaired) electrons. The molecule has 1 saturated carbocycles. The van der Waals surface area contributed by atoms with Crippen LogP contribution in [0.1, 0.15) is 105 Å². The molecule has 62 heavy (non-hydrogen) atoms. The number of fused-ring (bicyclic) bond motifs is 2. The summed E-state index contributed by atoms with van der Waals surface area (Å²) in [4.78, 5) is 44.8. The van der Waals surface area contributed by atoms with Gasteiger partial charge in [0, 0.05) is 50.0 Å². The minimum absolute atomic E-state index is 0.0213. The highest BCUT2D eigenvalue weighted by Crippen LogP contribution is 2.48. The fourth-order valence-electron chi connectivity index (χ4n) is 10.1. The largest absolute Gasteiger partial charge is 0.508 e. The van der Waals surface area contributed by atoms with Gasteiger partial charge in [-0.05, 0) is 134 Å². The van der Waals surface area contributed by atoms with Crippen molar-refractivity contribution in [2.75, 3.05) is 44.2 Å². The van der Waals surface area contributed by atoms with Crippen LogP contribution in [0.2, 0.25) is 0 Å². The van der Waals surface area contributed by atoms with E-state index in [0.717, 1.165) is 110 Å². The lowest BCUT2D eigenvalue weighted by atomic mass is 9.69. The number of nitrogens with zero attached hydrogens (tertiary/aromatic N) is 3. The number of hydrogen-bond acceptors (Lipinski definition) is 8. The number of aromatic hydroxyl groups is 1. The van der Waals surface area contributed by atoms with Crippen molar-refractivity contribution in [3.05, 3.63) is 136 Å². The lowest BCUT2D eigenvalue weighted by Crippen LogP contribution is -2.51. The molecular formula is C49H51F3N4O6. The van der Waals surface area contributed by atoms with E-state index in [1.165, 1.54) is 12.1 Å². The molecule has 2 saturated heterocycles. The van der Waals surface area contributed by atoms with Crippen molar-refractivity contribution >= 4 is 23.4 Å². The molecule has 0 bridgehead atoms. The first kappa shape index (κ1) is 41.7. The number of phenols is 1. The van der Waals surface area contributed by atoms with E-state index in [2.05, 4.69) is 33.8 Å². The van der Waals surface area contributed by atoms with Crippen molar-refractivity contribution in [2.45, 2.75) is 87.6 Å². The van der Waals surface area contributed by atoms with Crippen molar-refractivity contribution in [2.24, 2.45) is 0 Å². The van der Waals surface area contributed by atoms with Crippen LogP contribution in [0.5, 0.6) is 11.5 Å². The van der Waals surface area contributed by atoms with Gasteiger partial charge in [-0.25, -0.2) is 0 Å². The average molecular weight is 849 g/mol. The smallest absolute Gasteiger partial charge is 0.416 e. The van der Waals surface area contributed by atoms with Gasteiger partial charge in [0.05, 0.1) is 35.5 Å². The van der Waals surface area contributed by atoms with Gasteiger partial charge in [-0.3, -0.25) is 24.2 Å². The number of imide groups is 1. The van der Waals surface area contributed by atoms with E-state index in [9.17, 15) is 32.7 Å². The van der Waals surface area contributed by atoms with Gasteiger partial charge in [0.25, 0.3) is 11.8 Å². The van der Waals surface area contributed by atoms with E-state index in [1.54, 1.807) is 36.4 Å².